The summed E-state index contributed by atoms with van der Waals surface area (Å²) in [4.78, 5) is 10.7. The van der Waals surface area contributed by atoms with Crippen LogP contribution in [0.3, 0.4) is 0 Å². The van der Waals surface area contributed by atoms with Crippen molar-refractivity contribution in [3.63, 3.8) is 0 Å². The fourth-order valence-corrected chi connectivity index (χ4v) is 3.16. The largest absolute Gasteiger partial charge is 0.481 e. The molecule has 0 amide bonds. The number of sulfonamides is 1. The van der Waals surface area contributed by atoms with E-state index in [0.717, 1.165) is 12.0 Å². The summed E-state index contributed by atoms with van der Waals surface area (Å²) in [5.74, 6) is -0.529. The maximum Gasteiger partial charge on any atom is 0.304 e. The molecule has 20 heavy (non-hydrogen) atoms. The molecule has 0 heterocycles. The minimum absolute atomic E-state index is 0.155. The minimum Gasteiger partial charge on any atom is -0.481 e. The van der Waals surface area contributed by atoms with Crippen molar-refractivity contribution >= 4 is 16.0 Å². The molecule has 0 fully saturated rings. The zero-order valence-corrected chi connectivity index (χ0v) is 12.8. The van der Waals surface area contributed by atoms with Gasteiger partial charge in [-0.15, -0.1) is 0 Å². The Balaban J connectivity index is 2.80. The Morgan fingerprint density at radius 1 is 1.20 bits per heavy atom. The number of hydrogen-bond donors (Lipinski definition) is 2. The molecule has 0 aliphatic carbocycles. The summed E-state index contributed by atoms with van der Waals surface area (Å²) in [7, 11) is -3.66. The van der Waals surface area contributed by atoms with Crippen LogP contribution < -0.4 is 4.72 Å². The fraction of sp³-hybridized carbons (Fsp3) is 0.500. The molecular formula is C14H21NO4S. The van der Waals surface area contributed by atoms with Crippen LogP contribution in [0.15, 0.2) is 29.2 Å². The number of nitrogens with one attached hydrogen (secondary N) is 1. The second-order valence-corrected chi connectivity index (χ2v) is 7.08. The van der Waals surface area contributed by atoms with E-state index in [1.54, 1.807) is 24.3 Å². The molecule has 6 heteroatoms. The Bertz CT molecular complexity index is 549. The number of carboxylic acids is 1. The normalized spacial score (nSPS) is 13.4. The summed E-state index contributed by atoms with van der Waals surface area (Å²) in [5, 5.41) is 8.64. The van der Waals surface area contributed by atoms with Crippen LogP contribution in [-0.4, -0.2) is 25.5 Å². The first-order valence-corrected chi connectivity index (χ1v) is 8.02. The van der Waals surface area contributed by atoms with Gasteiger partial charge in [0.05, 0.1) is 11.3 Å². The van der Waals surface area contributed by atoms with Crippen molar-refractivity contribution in [1.29, 1.82) is 0 Å². The third kappa shape index (κ3) is 5.30. The molecule has 0 spiro atoms. The molecule has 0 radical (unpaired) electrons. The van der Waals surface area contributed by atoms with Crippen LogP contribution in [0.4, 0.5) is 0 Å². The van der Waals surface area contributed by atoms with E-state index in [0.29, 0.717) is 5.92 Å². The molecule has 0 aliphatic rings. The molecule has 2 N–H and O–H groups in total. The van der Waals surface area contributed by atoms with Gasteiger partial charge in [0.15, 0.2) is 0 Å². The first kappa shape index (κ1) is 16.7. The van der Waals surface area contributed by atoms with Gasteiger partial charge < -0.3 is 5.11 Å². The van der Waals surface area contributed by atoms with Gasteiger partial charge in [0.1, 0.15) is 0 Å². The zero-order chi connectivity index (χ0) is 15.3. The first-order chi connectivity index (χ1) is 9.20. The third-order valence-electron chi connectivity index (χ3n) is 2.71. The van der Waals surface area contributed by atoms with Gasteiger partial charge in [0, 0.05) is 6.04 Å². The van der Waals surface area contributed by atoms with E-state index in [4.69, 9.17) is 5.11 Å². The highest BCUT2D eigenvalue weighted by Gasteiger charge is 2.18. The topological polar surface area (TPSA) is 83.5 Å². The lowest BCUT2D eigenvalue weighted by molar-refractivity contribution is -0.137. The summed E-state index contributed by atoms with van der Waals surface area (Å²) < 4.78 is 26.5. The molecule has 0 aliphatic heterocycles. The minimum atomic E-state index is -3.66. The average Bonchev–Trinajstić information content (AvgIpc) is 2.26. The van der Waals surface area contributed by atoms with Gasteiger partial charge in [-0.1, -0.05) is 26.0 Å². The first-order valence-electron chi connectivity index (χ1n) is 6.54. The monoisotopic (exact) mass is 299 g/mol. The average molecular weight is 299 g/mol. The Morgan fingerprint density at radius 2 is 1.75 bits per heavy atom. The predicted molar refractivity (Wildman–Crippen MR) is 77.0 cm³/mol. The van der Waals surface area contributed by atoms with Gasteiger partial charge in [0.2, 0.25) is 10.0 Å². The van der Waals surface area contributed by atoms with Crippen LogP contribution >= 0.6 is 0 Å². The fourth-order valence-electron chi connectivity index (χ4n) is 1.91. The van der Waals surface area contributed by atoms with Crippen LogP contribution in [0.1, 0.15) is 32.8 Å². The van der Waals surface area contributed by atoms with Crippen molar-refractivity contribution in [1.82, 2.24) is 4.72 Å². The lowest BCUT2D eigenvalue weighted by Gasteiger charge is -2.12. The number of rotatable bonds is 7. The maximum absolute atomic E-state index is 12.1. The van der Waals surface area contributed by atoms with E-state index in [2.05, 4.69) is 18.6 Å². The molecule has 1 rings (SSSR count). The van der Waals surface area contributed by atoms with Crippen molar-refractivity contribution in [3.8, 4) is 0 Å². The SMILES string of the molecule is CC(C)Cc1ccc(S(=O)(=O)NC(C)CC(=O)O)cc1. The molecule has 1 atom stereocenters. The van der Waals surface area contributed by atoms with E-state index in [1.165, 1.54) is 6.92 Å². The predicted octanol–water partition coefficient (Wildman–Crippen LogP) is 2.03. The number of aliphatic carboxylic acids is 1. The van der Waals surface area contributed by atoms with Gasteiger partial charge in [-0.25, -0.2) is 13.1 Å². The van der Waals surface area contributed by atoms with Crippen molar-refractivity contribution in [3.05, 3.63) is 29.8 Å². The van der Waals surface area contributed by atoms with Crippen molar-refractivity contribution < 1.29 is 18.3 Å². The molecular weight excluding hydrogens is 278 g/mol. The highest BCUT2D eigenvalue weighted by molar-refractivity contribution is 7.89. The number of carbonyl (C=O) groups is 1. The van der Waals surface area contributed by atoms with E-state index in [-0.39, 0.29) is 11.3 Å². The second kappa shape index (κ2) is 6.85. The van der Waals surface area contributed by atoms with E-state index in [9.17, 15) is 13.2 Å². The van der Waals surface area contributed by atoms with Gasteiger partial charge in [-0.3, -0.25) is 4.79 Å². The van der Waals surface area contributed by atoms with Crippen LogP contribution in [0, 0.1) is 5.92 Å². The van der Waals surface area contributed by atoms with Gasteiger partial charge >= 0.3 is 5.97 Å². The molecule has 5 nitrogen and oxygen atoms in total. The van der Waals surface area contributed by atoms with Gasteiger partial charge in [0.25, 0.3) is 0 Å². The second-order valence-electron chi connectivity index (χ2n) is 5.36. The van der Waals surface area contributed by atoms with Crippen LogP contribution in [0.25, 0.3) is 0 Å². The third-order valence-corrected chi connectivity index (χ3v) is 4.32. The van der Waals surface area contributed by atoms with E-state index < -0.39 is 22.0 Å². The summed E-state index contributed by atoms with van der Waals surface area (Å²) in [6.45, 7) is 5.72. The number of hydrogen-bond acceptors (Lipinski definition) is 3. The highest BCUT2D eigenvalue weighted by atomic mass is 32.2. The van der Waals surface area contributed by atoms with Crippen molar-refractivity contribution in [2.24, 2.45) is 5.92 Å². The van der Waals surface area contributed by atoms with E-state index >= 15 is 0 Å². The summed E-state index contributed by atoms with van der Waals surface area (Å²) in [6, 6.07) is 6.03. The summed E-state index contributed by atoms with van der Waals surface area (Å²) in [5.41, 5.74) is 1.08. The summed E-state index contributed by atoms with van der Waals surface area (Å²) >= 11 is 0. The van der Waals surface area contributed by atoms with Crippen LogP contribution in [-0.2, 0) is 21.2 Å². The van der Waals surface area contributed by atoms with Crippen LogP contribution in [0.2, 0.25) is 0 Å². The van der Waals surface area contributed by atoms with Crippen molar-refractivity contribution in [2.75, 3.05) is 0 Å². The highest BCUT2D eigenvalue weighted by Crippen LogP contribution is 2.14. The van der Waals surface area contributed by atoms with Gasteiger partial charge in [-0.2, -0.15) is 0 Å². The maximum atomic E-state index is 12.1. The molecule has 0 bridgehead atoms. The molecule has 1 aromatic rings. The molecule has 112 valence electrons. The molecule has 0 saturated carbocycles. The quantitative estimate of drug-likeness (QED) is 0.807. The zero-order valence-electron chi connectivity index (χ0n) is 12.0. The Hall–Kier alpha value is -1.40. The summed E-state index contributed by atoms with van der Waals surface area (Å²) in [6.07, 6.45) is 0.647. The standard InChI is InChI=1S/C14H21NO4S/c1-10(2)8-12-4-6-13(7-5-12)20(18,19)15-11(3)9-14(16)17/h4-7,10-11,15H,8-9H2,1-3H3,(H,16,17). The number of carboxylic acid groups (broad SMARTS) is 1. The Kier molecular flexibility index (Phi) is 5.71. The lowest BCUT2D eigenvalue weighted by atomic mass is 10.0. The van der Waals surface area contributed by atoms with Crippen molar-refractivity contribution in [2.45, 2.75) is 44.6 Å². The molecule has 0 saturated heterocycles. The van der Waals surface area contributed by atoms with Gasteiger partial charge in [-0.05, 0) is 37.0 Å². The van der Waals surface area contributed by atoms with E-state index in [1.807, 2.05) is 0 Å². The molecule has 0 aromatic heterocycles. The number of benzene rings is 1. The molecule has 1 aromatic carbocycles. The van der Waals surface area contributed by atoms with Crippen LogP contribution in [0.5, 0.6) is 0 Å². The molecule has 1 unspecified atom stereocenters. The Morgan fingerprint density at radius 3 is 2.20 bits per heavy atom. The smallest absolute Gasteiger partial charge is 0.304 e. The lowest BCUT2D eigenvalue weighted by Crippen LogP contribution is -2.34. The Labute approximate surface area is 120 Å².